The maximum absolute atomic E-state index is 5.93. The lowest BCUT2D eigenvalue weighted by Crippen LogP contribution is -1.88. The molecule has 1 aromatic carbocycles. The molecule has 3 aromatic rings. The lowest BCUT2D eigenvalue weighted by atomic mass is 10.0. The summed E-state index contributed by atoms with van der Waals surface area (Å²) in [4.78, 5) is 1.05. The number of nitrogen functional groups attached to an aromatic ring is 1. The second-order valence-electron chi connectivity index (χ2n) is 4.21. The highest BCUT2D eigenvalue weighted by molar-refractivity contribution is 7.13. The van der Waals surface area contributed by atoms with E-state index >= 15 is 0 Å². The van der Waals surface area contributed by atoms with Crippen LogP contribution in [0.5, 0.6) is 0 Å². The largest absolute Gasteiger partial charge is 0.380 e. The average molecular weight is 291 g/mol. The minimum Gasteiger partial charge on any atom is -0.380 e. The smallest absolute Gasteiger partial charge is 0.187 e. The molecular weight excluding hydrogens is 280 g/mol. The van der Waals surface area contributed by atoms with Crippen molar-refractivity contribution >= 4 is 28.8 Å². The molecule has 2 N–H and O–H groups in total. The topological polar surface area (TPSA) is 52.0 Å². The number of anilines is 1. The van der Waals surface area contributed by atoms with Crippen molar-refractivity contribution in [3.8, 4) is 21.8 Å². The maximum atomic E-state index is 5.93. The van der Waals surface area contributed by atoms with E-state index in [1.165, 1.54) is 0 Å². The van der Waals surface area contributed by atoms with Gasteiger partial charge in [0.05, 0.1) is 10.4 Å². The highest BCUT2D eigenvalue weighted by Crippen LogP contribution is 2.40. The third-order valence-electron chi connectivity index (χ3n) is 2.92. The monoisotopic (exact) mass is 290 g/mol. The summed E-state index contributed by atoms with van der Waals surface area (Å²) >= 11 is 7.52. The van der Waals surface area contributed by atoms with Crippen LogP contribution in [0.3, 0.4) is 0 Å². The molecule has 0 aliphatic carbocycles. The normalized spacial score (nSPS) is 10.8. The van der Waals surface area contributed by atoms with E-state index in [4.69, 9.17) is 21.9 Å². The molecule has 0 aliphatic rings. The van der Waals surface area contributed by atoms with Gasteiger partial charge in [0.1, 0.15) is 0 Å². The number of aryl methyl sites for hydroxylation is 1. The van der Waals surface area contributed by atoms with E-state index in [2.05, 4.69) is 5.16 Å². The van der Waals surface area contributed by atoms with E-state index in [0.717, 1.165) is 21.6 Å². The van der Waals surface area contributed by atoms with E-state index < -0.39 is 0 Å². The van der Waals surface area contributed by atoms with Crippen LogP contribution >= 0.6 is 22.9 Å². The van der Waals surface area contributed by atoms with Crippen molar-refractivity contribution in [2.45, 2.75) is 6.92 Å². The van der Waals surface area contributed by atoms with E-state index in [1.807, 2.05) is 42.6 Å². The van der Waals surface area contributed by atoms with Gasteiger partial charge in [0, 0.05) is 5.02 Å². The standard InChI is InChI=1S/C14H11ClN2OS/c1-8-6-7-19-13(8)12-11(14(16)17-18-12)9-2-4-10(15)5-3-9/h2-7H,1H3,(H2,16,17). The average Bonchev–Trinajstić information content (AvgIpc) is 2.97. The Morgan fingerprint density at radius 3 is 2.58 bits per heavy atom. The Hall–Kier alpha value is -1.78. The highest BCUT2D eigenvalue weighted by atomic mass is 35.5. The molecule has 2 aromatic heterocycles. The zero-order chi connectivity index (χ0) is 13.4. The summed E-state index contributed by atoms with van der Waals surface area (Å²) in [6.07, 6.45) is 0. The predicted molar refractivity (Wildman–Crippen MR) is 79.4 cm³/mol. The van der Waals surface area contributed by atoms with Crippen LogP contribution in [0, 0.1) is 6.92 Å². The summed E-state index contributed by atoms with van der Waals surface area (Å²) in [5.41, 5.74) is 8.86. The van der Waals surface area contributed by atoms with Crippen molar-refractivity contribution in [2.24, 2.45) is 0 Å². The van der Waals surface area contributed by atoms with Crippen LogP contribution in [-0.2, 0) is 0 Å². The SMILES string of the molecule is Cc1ccsc1-c1onc(N)c1-c1ccc(Cl)cc1. The van der Waals surface area contributed by atoms with Crippen molar-refractivity contribution in [3.63, 3.8) is 0 Å². The Balaban J connectivity index is 2.19. The summed E-state index contributed by atoms with van der Waals surface area (Å²) in [5, 5.41) is 6.60. The molecule has 96 valence electrons. The Bertz CT molecular complexity index is 715. The van der Waals surface area contributed by atoms with Gasteiger partial charge in [-0.15, -0.1) is 11.3 Å². The number of benzene rings is 1. The van der Waals surface area contributed by atoms with Gasteiger partial charge in [-0.25, -0.2) is 0 Å². The molecule has 2 heterocycles. The van der Waals surface area contributed by atoms with Crippen molar-refractivity contribution in [3.05, 3.63) is 46.3 Å². The van der Waals surface area contributed by atoms with Crippen molar-refractivity contribution in [2.75, 3.05) is 5.73 Å². The number of aromatic nitrogens is 1. The molecule has 0 saturated heterocycles. The second-order valence-corrected chi connectivity index (χ2v) is 5.56. The number of hydrogen-bond acceptors (Lipinski definition) is 4. The van der Waals surface area contributed by atoms with Crippen LogP contribution in [0.25, 0.3) is 21.8 Å². The van der Waals surface area contributed by atoms with Crippen molar-refractivity contribution in [1.82, 2.24) is 5.16 Å². The fourth-order valence-corrected chi connectivity index (χ4v) is 2.99. The van der Waals surface area contributed by atoms with E-state index in [-0.39, 0.29) is 0 Å². The van der Waals surface area contributed by atoms with Gasteiger partial charge in [-0.05, 0) is 41.6 Å². The molecule has 0 amide bonds. The van der Waals surface area contributed by atoms with Gasteiger partial charge in [-0.1, -0.05) is 28.9 Å². The van der Waals surface area contributed by atoms with Gasteiger partial charge in [-0.2, -0.15) is 0 Å². The molecule has 5 heteroatoms. The summed E-state index contributed by atoms with van der Waals surface area (Å²) in [7, 11) is 0. The molecule has 3 rings (SSSR count). The van der Waals surface area contributed by atoms with Crippen LogP contribution < -0.4 is 5.73 Å². The number of nitrogens with zero attached hydrogens (tertiary/aromatic N) is 1. The van der Waals surface area contributed by atoms with Crippen LogP contribution in [0.15, 0.2) is 40.2 Å². The number of rotatable bonds is 2. The minimum atomic E-state index is 0.394. The predicted octanol–water partition coefficient (Wildman–Crippen LogP) is 4.61. The van der Waals surface area contributed by atoms with E-state index in [9.17, 15) is 0 Å². The summed E-state index contributed by atoms with van der Waals surface area (Å²) in [6.45, 7) is 2.04. The Labute approximate surface area is 119 Å². The molecule has 0 fully saturated rings. The zero-order valence-electron chi connectivity index (χ0n) is 10.2. The van der Waals surface area contributed by atoms with Gasteiger partial charge in [0.25, 0.3) is 0 Å². The molecule has 3 nitrogen and oxygen atoms in total. The third-order valence-corrected chi connectivity index (χ3v) is 4.19. The Morgan fingerprint density at radius 2 is 1.95 bits per heavy atom. The summed E-state index contributed by atoms with van der Waals surface area (Å²) in [5.74, 6) is 1.11. The first-order chi connectivity index (χ1) is 9.16. The number of nitrogens with two attached hydrogens (primary N) is 1. The van der Waals surface area contributed by atoms with Crippen molar-refractivity contribution < 1.29 is 4.52 Å². The van der Waals surface area contributed by atoms with Crippen LogP contribution in [0.2, 0.25) is 5.02 Å². The molecular formula is C14H11ClN2OS. The van der Waals surface area contributed by atoms with Gasteiger partial charge in [0.15, 0.2) is 11.6 Å². The zero-order valence-corrected chi connectivity index (χ0v) is 11.8. The maximum Gasteiger partial charge on any atom is 0.187 e. The quantitative estimate of drug-likeness (QED) is 0.749. The molecule has 0 spiro atoms. The molecule has 0 bridgehead atoms. The van der Waals surface area contributed by atoms with Gasteiger partial charge >= 0.3 is 0 Å². The fourth-order valence-electron chi connectivity index (χ4n) is 1.96. The minimum absolute atomic E-state index is 0.394. The van der Waals surface area contributed by atoms with Crippen LogP contribution in [0.1, 0.15) is 5.56 Å². The fraction of sp³-hybridized carbons (Fsp3) is 0.0714. The molecule has 0 unspecified atom stereocenters. The number of thiophene rings is 1. The van der Waals surface area contributed by atoms with Crippen molar-refractivity contribution in [1.29, 1.82) is 0 Å². The van der Waals surface area contributed by atoms with Gasteiger partial charge < -0.3 is 10.3 Å². The first-order valence-electron chi connectivity index (χ1n) is 5.72. The Kier molecular flexibility index (Phi) is 3.05. The summed E-state index contributed by atoms with van der Waals surface area (Å²) in [6, 6.07) is 9.53. The molecule has 0 atom stereocenters. The molecule has 0 aliphatic heterocycles. The van der Waals surface area contributed by atoms with E-state index in [0.29, 0.717) is 16.6 Å². The number of hydrogen-bond donors (Lipinski definition) is 1. The highest BCUT2D eigenvalue weighted by Gasteiger charge is 2.19. The molecule has 0 saturated carbocycles. The number of halogens is 1. The van der Waals surface area contributed by atoms with Gasteiger partial charge in [0.2, 0.25) is 0 Å². The molecule has 0 radical (unpaired) electrons. The first kappa shape index (κ1) is 12.3. The molecule has 19 heavy (non-hydrogen) atoms. The summed E-state index contributed by atoms with van der Waals surface area (Å²) < 4.78 is 5.41. The van der Waals surface area contributed by atoms with Gasteiger partial charge in [-0.3, -0.25) is 0 Å². The Morgan fingerprint density at radius 1 is 1.21 bits per heavy atom. The lowest BCUT2D eigenvalue weighted by Gasteiger charge is -2.02. The first-order valence-corrected chi connectivity index (χ1v) is 6.98. The van der Waals surface area contributed by atoms with Crippen LogP contribution in [-0.4, -0.2) is 5.16 Å². The lowest BCUT2D eigenvalue weighted by molar-refractivity contribution is 0.437. The van der Waals surface area contributed by atoms with E-state index in [1.54, 1.807) is 11.3 Å². The van der Waals surface area contributed by atoms with Crippen LogP contribution in [0.4, 0.5) is 5.82 Å². The third kappa shape index (κ3) is 2.13. The second kappa shape index (κ2) is 4.72.